The molecule has 0 unspecified atom stereocenters. The summed E-state index contributed by atoms with van der Waals surface area (Å²) in [7, 11) is 3.59. The van der Waals surface area contributed by atoms with Crippen LogP contribution in [-0.2, 0) is 18.6 Å². The van der Waals surface area contributed by atoms with Gasteiger partial charge in [-0.3, -0.25) is 9.67 Å². The van der Waals surface area contributed by atoms with Crippen molar-refractivity contribution in [3.8, 4) is 0 Å². The van der Waals surface area contributed by atoms with Crippen molar-refractivity contribution in [3.63, 3.8) is 0 Å². The molecular weight excluding hydrogens is 551 g/mol. The first-order valence-electron chi connectivity index (χ1n) is 13.9. The summed E-state index contributed by atoms with van der Waals surface area (Å²) >= 11 is 0. The van der Waals surface area contributed by atoms with Crippen molar-refractivity contribution in [2.75, 3.05) is 40.3 Å². The van der Waals surface area contributed by atoms with E-state index in [0.717, 1.165) is 61.4 Å². The van der Waals surface area contributed by atoms with Gasteiger partial charge in [0.25, 0.3) is 5.92 Å². The maximum absolute atomic E-state index is 13.7. The number of alkyl halides is 5. The van der Waals surface area contributed by atoms with Crippen LogP contribution in [0, 0.1) is 0 Å². The quantitative estimate of drug-likeness (QED) is 0.101. The van der Waals surface area contributed by atoms with Crippen molar-refractivity contribution >= 4 is 22.8 Å². The molecule has 0 fully saturated rings. The molecular formula is C31H39F5N6. The number of halogens is 5. The van der Waals surface area contributed by atoms with E-state index >= 15 is 0 Å². The highest BCUT2D eigenvalue weighted by molar-refractivity contribution is 6.02. The molecule has 42 heavy (non-hydrogen) atoms. The first kappa shape index (κ1) is 32.8. The largest absolute Gasteiger partial charge is 0.416 e. The number of amidine groups is 1. The molecule has 0 aliphatic rings. The minimum absolute atomic E-state index is 0.144. The second-order valence-corrected chi connectivity index (χ2v) is 10.1. The zero-order valence-electron chi connectivity index (χ0n) is 24.8. The van der Waals surface area contributed by atoms with E-state index in [1.54, 1.807) is 25.5 Å². The van der Waals surface area contributed by atoms with Gasteiger partial charge in [0.2, 0.25) is 0 Å². The highest BCUT2D eigenvalue weighted by Crippen LogP contribution is 2.37. The van der Waals surface area contributed by atoms with Gasteiger partial charge in [-0.25, -0.2) is 8.78 Å². The molecule has 0 aliphatic carbocycles. The number of nitrogens with one attached hydrogen (secondary N) is 1. The lowest BCUT2D eigenvalue weighted by Gasteiger charge is -2.22. The molecule has 3 aromatic rings. The molecule has 228 valence electrons. The second-order valence-electron chi connectivity index (χ2n) is 10.1. The Morgan fingerprint density at radius 3 is 2.40 bits per heavy atom. The average molecular weight is 591 g/mol. The van der Waals surface area contributed by atoms with Crippen molar-refractivity contribution in [3.05, 3.63) is 83.3 Å². The minimum atomic E-state index is -4.79. The smallest absolute Gasteiger partial charge is 0.369 e. The Bertz CT molecular complexity index is 1410. The molecule has 0 saturated carbocycles. The summed E-state index contributed by atoms with van der Waals surface area (Å²) in [6.07, 6.45) is 1.45. The third kappa shape index (κ3) is 8.40. The fourth-order valence-corrected chi connectivity index (χ4v) is 4.62. The van der Waals surface area contributed by atoms with Gasteiger partial charge in [0.15, 0.2) is 0 Å². The molecule has 1 heterocycles. The van der Waals surface area contributed by atoms with Gasteiger partial charge in [-0.1, -0.05) is 38.6 Å². The number of hydrogen-bond donors (Lipinski definition) is 1. The Balaban J connectivity index is 1.87. The number of hydrogen-bond acceptors (Lipinski definition) is 4. The Hall–Kier alpha value is -3.73. The number of aromatic nitrogens is 2. The van der Waals surface area contributed by atoms with Crippen LogP contribution < -0.4 is 5.32 Å². The van der Waals surface area contributed by atoms with Crippen LogP contribution in [0.4, 0.5) is 22.0 Å². The SMILES string of the molecule is C=CN(C)/C(=C\c1ccc2nn(Cc3ccc(C(C)(F)F)cc3C(F)(F)F)cc2c1)C(=NC)NCCCN(CC)CC. The second kappa shape index (κ2) is 14.0. The Kier molecular flexibility index (Phi) is 10.9. The van der Waals surface area contributed by atoms with Gasteiger partial charge in [-0.2, -0.15) is 18.3 Å². The summed E-state index contributed by atoms with van der Waals surface area (Å²) < 4.78 is 70.1. The Morgan fingerprint density at radius 1 is 1.10 bits per heavy atom. The summed E-state index contributed by atoms with van der Waals surface area (Å²) in [6, 6.07) is 8.17. The van der Waals surface area contributed by atoms with Gasteiger partial charge < -0.3 is 15.1 Å². The number of fused-ring (bicyclic) bond motifs is 1. The fourth-order valence-electron chi connectivity index (χ4n) is 4.62. The monoisotopic (exact) mass is 590 g/mol. The molecule has 0 bridgehead atoms. The first-order valence-corrected chi connectivity index (χ1v) is 13.9. The van der Waals surface area contributed by atoms with Crippen LogP contribution in [0.2, 0.25) is 0 Å². The number of rotatable bonds is 13. The molecule has 1 N–H and O–H groups in total. The van der Waals surface area contributed by atoms with Gasteiger partial charge in [0.1, 0.15) is 5.84 Å². The van der Waals surface area contributed by atoms with E-state index in [4.69, 9.17) is 0 Å². The predicted molar refractivity (Wildman–Crippen MR) is 160 cm³/mol. The zero-order valence-corrected chi connectivity index (χ0v) is 24.8. The lowest BCUT2D eigenvalue weighted by molar-refractivity contribution is -0.138. The molecule has 3 rings (SSSR count). The van der Waals surface area contributed by atoms with E-state index in [0.29, 0.717) is 24.3 Å². The van der Waals surface area contributed by atoms with Gasteiger partial charge >= 0.3 is 6.18 Å². The average Bonchev–Trinajstić information content (AvgIpc) is 3.34. The van der Waals surface area contributed by atoms with Crippen LogP contribution in [-0.4, -0.2) is 65.7 Å². The molecule has 1 aromatic heterocycles. The molecule has 0 amide bonds. The molecule has 11 heteroatoms. The predicted octanol–water partition coefficient (Wildman–Crippen LogP) is 6.98. The Morgan fingerprint density at radius 2 is 1.81 bits per heavy atom. The topological polar surface area (TPSA) is 48.7 Å². The zero-order chi connectivity index (χ0) is 31.1. The molecule has 0 saturated heterocycles. The lowest BCUT2D eigenvalue weighted by Crippen LogP contribution is -2.33. The lowest BCUT2D eigenvalue weighted by atomic mass is 10.0. The van der Waals surface area contributed by atoms with Crippen LogP contribution in [0.25, 0.3) is 17.0 Å². The first-order chi connectivity index (χ1) is 19.8. The van der Waals surface area contributed by atoms with Gasteiger partial charge in [-0.15, -0.1) is 0 Å². The third-order valence-electron chi connectivity index (χ3n) is 7.09. The molecule has 0 spiro atoms. The van der Waals surface area contributed by atoms with Crippen molar-refractivity contribution in [2.24, 2.45) is 4.99 Å². The number of likely N-dealkylation sites (N-methyl/N-ethyl adjacent to an activating group) is 1. The van der Waals surface area contributed by atoms with Crippen molar-refractivity contribution in [2.45, 2.75) is 45.8 Å². The van der Waals surface area contributed by atoms with Gasteiger partial charge in [-0.05, 0) is 67.7 Å². The fraction of sp³-hybridized carbons (Fsp3) is 0.419. The van der Waals surface area contributed by atoms with E-state index in [-0.39, 0.29) is 12.1 Å². The van der Waals surface area contributed by atoms with Crippen LogP contribution in [0.5, 0.6) is 0 Å². The summed E-state index contributed by atoms with van der Waals surface area (Å²) in [5.41, 5.74) is 0.295. The van der Waals surface area contributed by atoms with Crippen molar-refractivity contribution in [1.29, 1.82) is 0 Å². The van der Waals surface area contributed by atoms with Gasteiger partial charge in [0.05, 0.1) is 23.3 Å². The minimum Gasteiger partial charge on any atom is -0.369 e. The summed E-state index contributed by atoms with van der Waals surface area (Å²) in [5.74, 6) is -2.68. The molecule has 2 aromatic carbocycles. The number of benzene rings is 2. The molecule has 6 nitrogen and oxygen atoms in total. The maximum atomic E-state index is 13.7. The molecule has 0 radical (unpaired) electrons. The maximum Gasteiger partial charge on any atom is 0.416 e. The van der Waals surface area contributed by atoms with E-state index in [1.807, 2.05) is 30.2 Å². The van der Waals surface area contributed by atoms with E-state index in [9.17, 15) is 22.0 Å². The van der Waals surface area contributed by atoms with Gasteiger partial charge in [0, 0.05) is 44.7 Å². The van der Waals surface area contributed by atoms with Crippen LogP contribution in [0.1, 0.15) is 49.4 Å². The summed E-state index contributed by atoms with van der Waals surface area (Å²) in [5, 5.41) is 8.55. The summed E-state index contributed by atoms with van der Waals surface area (Å²) in [6.45, 7) is 12.2. The standard InChI is InChI=1S/C31H39F5N6/c1-7-40(6)28(29(37-5)38-15-10-16-41(8-2)9-3)18-22-11-14-27-24(17-22)21-42(39-27)20-23-12-13-25(30(4,32)33)19-26(23)31(34,35)36/h7,11-14,17-19,21H,1,8-10,15-16,20H2,2-6H3,(H,37,38)/b28-18-. The molecule has 0 aliphatic heterocycles. The molecule has 0 atom stereocenters. The Labute approximate surface area is 244 Å². The normalized spacial score (nSPS) is 13.2. The van der Waals surface area contributed by atoms with E-state index in [1.165, 1.54) is 4.68 Å². The van der Waals surface area contributed by atoms with E-state index < -0.39 is 23.2 Å². The number of nitrogens with zero attached hydrogens (tertiary/aromatic N) is 5. The number of aliphatic imine (C=N–C) groups is 1. The van der Waals surface area contributed by atoms with Crippen LogP contribution in [0.3, 0.4) is 0 Å². The van der Waals surface area contributed by atoms with E-state index in [2.05, 4.69) is 40.7 Å². The van der Waals surface area contributed by atoms with Crippen LogP contribution in [0.15, 0.2) is 66.1 Å². The van der Waals surface area contributed by atoms with Crippen LogP contribution >= 0.6 is 0 Å². The highest BCUT2D eigenvalue weighted by Gasteiger charge is 2.36. The summed E-state index contributed by atoms with van der Waals surface area (Å²) in [4.78, 5) is 8.66. The van der Waals surface area contributed by atoms with Crippen molar-refractivity contribution < 1.29 is 22.0 Å². The third-order valence-corrected chi connectivity index (χ3v) is 7.09. The highest BCUT2D eigenvalue weighted by atomic mass is 19.4. The van der Waals surface area contributed by atoms with Crippen molar-refractivity contribution in [1.82, 2.24) is 24.9 Å².